The average Bonchev–Trinajstić information content (AvgIpc) is 2.84. The van der Waals surface area contributed by atoms with Crippen molar-refractivity contribution in [3.63, 3.8) is 0 Å². The smallest absolute Gasteiger partial charge is 0.134 e. The molecule has 1 aliphatic rings. The number of para-hydroxylation sites is 1. The summed E-state index contributed by atoms with van der Waals surface area (Å²) in [7, 11) is 4.18. The van der Waals surface area contributed by atoms with Crippen molar-refractivity contribution in [2.24, 2.45) is 0 Å². The second-order valence-electron chi connectivity index (χ2n) is 5.21. The summed E-state index contributed by atoms with van der Waals surface area (Å²) in [6, 6.07) is 8.37. The molecule has 2 heterocycles. The Hall–Kier alpha value is -1.36. The third kappa shape index (κ3) is 2.39. The van der Waals surface area contributed by atoms with Gasteiger partial charge in [0.15, 0.2) is 0 Å². The molecular formula is C15H20N2O2. The standard InChI is InChI=1S/C15H20N2O2/c1-17(2)15(14-9-16-7-8-18-14)12-10-19-13-6-4-3-5-11(12)13/h3-6,10,14-16H,7-9H2,1-2H3. The summed E-state index contributed by atoms with van der Waals surface area (Å²) in [4.78, 5) is 2.20. The van der Waals surface area contributed by atoms with E-state index in [1.807, 2.05) is 24.5 Å². The summed E-state index contributed by atoms with van der Waals surface area (Å²) in [6.45, 7) is 2.58. The number of nitrogens with zero attached hydrogens (tertiary/aromatic N) is 1. The number of hydrogen-bond donors (Lipinski definition) is 1. The van der Waals surface area contributed by atoms with E-state index in [4.69, 9.17) is 9.15 Å². The third-order valence-corrected chi connectivity index (χ3v) is 3.69. The summed E-state index contributed by atoms with van der Waals surface area (Å²) in [5, 5.41) is 4.57. The number of benzene rings is 1. The van der Waals surface area contributed by atoms with Crippen molar-refractivity contribution < 1.29 is 9.15 Å². The number of nitrogens with one attached hydrogen (secondary N) is 1. The van der Waals surface area contributed by atoms with Crippen LogP contribution in [0.5, 0.6) is 0 Å². The van der Waals surface area contributed by atoms with Crippen molar-refractivity contribution in [3.05, 3.63) is 36.1 Å². The van der Waals surface area contributed by atoms with Crippen LogP contribution in [-0.4, -0.2) is 44.8 Å². The molecule has 0 radical (unpaired) electrons. The molecule has 0 saturated carbocycles. The molecule has 4 heteroatoms. The average molecular weight is 260 g/mol. The van der Waals surface area contributed by atoms with Crippen molar-refractivity contribution in [2.45, 2.75) is 12.1 Å². The van der Waals surface area contributed by atoms with Crippen molar-refractivity contribution in [1.82, 2.24) is 10.2 Å². The van der Waals surface area contributed by atoms with Crippen LogP contribution in [0.15, 0.2) is 34.9 Å². The Morgan fingerprint density at radius 1 is 1.32 bits per heavy atom. The Balaban J connectivity index is 1.99. The zero-order valence-electron chi connectivity index (χ0n) is 11.4. The molecule has 1 aromatic heterocycles. The fraction of sp³-hybridized carbons (Fsp3) is 0.467. The predicted molar refractivity (Wildman–Crippen MR) is 75.3 cm³/mol. The topological polar surface area (TPSA) is 37.6 Å². The number of rotatable bonds is 3. The summed E-state index contributed by atoms with van der Waals surface area (Å²) >= 11 is 0. The Bertz CT molecular complexity index is 544. The van der Waals surface area contributed by atoms with Gasteiger partial charge in [0.05, 0.1) is 25.0 Å². The minimum atomic E-state index is 0.157. The second kappa shape index (κ2) is 5.33. The molecule has 1 aromatic carbocycles. The van der Waals surface area contributed by atoms with E-state index in [0.717, 1.165) is 25.3 Å². The van der Waals surface area contributed by atoms with Crippen molar-refractivity contribution in [3.8, 4) is 0 Å². The summed E-state index contributed by atoms with van der Waals surface area (Å²) < 4.78 is 11.6. The molecule has 1 saturated heterocycles. The zero-order chi connectivity index (χ0) is 13.2. The first-order chi connectivity index (χ1) is 9.27. The second-order valence-corrected chi connectivity index (χ2v) is 5.21. The SMILES string of the molecule is CN(C)C(c1coc2ccccc12)C1CNCCO1. The Morgan fingerprint density at radius 2 is 2.16 bits per heavy atom. The van der Waals surface area contributed by atoms with Crippen molar-refractivity contribution in [1.29, 1.82) is 0 Å². The van der Waals surface area contributed by atoms with Gasteiger partial charge >= 0.3 is 0 Å². The van der Waals surface area contributed by atoms with E-state index in [2.05, 4.69) is 30.4 Å². The van der Waals surface area contributed by atoms with Crippen LogP contribution >= 0.6 is 0 Å². The van der Waals surface area contributed by atoms with Gasteiger partial charge in [-0.25, -0.2) is 0 Å². The molecule has 0 aliphatic carbocycles. The molecule has 0 bridgehead atoms. The number of likely N-dealkylation sites (N-methyl/N-ethyl adjacent to an activating group) is 1. The minimum absolute atomic E-state index is 0.157. The number of furan rings is 1. The number of hydrogen-bond acceptors (Lipinski definition) is 4. The molecule has 19 heavy (non-hydrogen) atoms. The Labute approximate surface area is 113 Å². The van der Waals surface area contributed by atoms with E-state index < -0.39 is 0 Å². The Kier molecular flexibility index (Phi) is 3.55. The molecule has 2 unspecified atom stereocenters. The van der Waals surface area contributed by atoms with Gasteiger partial charge in [-0.2, -0.15) is 0 Å². The monoisotopic (exact) mass is 260 g/mol. The van der Waals surface area contributed by atoms with Gasteiger partial charge in [-0.1, -0.05) is 18.2 Å². The van der Waals surface area contributed by atoms with Crippen LogP contribution in [0.4, 0.5) is 0 Å². The van der Waals surface area contributed by atoms with E-state index in [1.54, 1.807) is 0 Å². The third-order valence-electron chi connectivity index (χ3n) is 3.69. The molecule has 2 atom stereocenters. The highest BCUT2D eigenvalue weighted by atomic mass is 16.5. The zero-order valence-corrected chi connectivity index (χ0v) is 11.4. The molecule has 1 aliphatic heterocycles. The maximum Gasteiger partial charge on any atom is 0.134 e. The molecule has 102 valence electrons. The van der Waals surface area contributed by atoms with Crippen LogP contribution in [0.3, 0.4) is 0 Å². The minimum Gasteiger partial charge on any atom is -0.464 e. The van der Waals surface area contributed by atoms with Crippen LogP contribution < -0.4 is 5.32 Å². The highest BCUT2D eigenvalue weighted by molar-refractivity contribution is 5.81. The lowest BCUT2D eigenvalue weighted by Crippen LogP contribution is -2.45. The van der Waals surface area contributed by atoms with Gasteiger partial charge in [-0.05, 0) is 20.2 Å². The first kappa shape index (κ1) is 12.7. The highest BCUT2D eigenvalue weighted by Crippen LogP contribution is 2.32. The largest absolute Gasteiger partial charge is 0.464 e. The van der Waals surface area contributed by atoms with Crippen LogP contribution in [-0.2, 0) is 4.74 Å². The number of fused-ring (bicyclic) bond motifs is 1. The molecule has 1 fully saturated rings. The Morgan fingerprint density at radius 3 is 2.89 bits per heavy atom. The van der Waals surface area contributed by atoms with Crippen LogP contribution in [0, 0.1) is 0 Å². The quantitative estimate of drug-likeness (QED) is 0.916. The summed E-state index contributed by atoms with van der Waals surface area (Å²) in [6.07, 6.45) is 2.03. The fourth-order valence-electron chi connectivity index (χ4n) is 2.83. The van der Waals surface area contributed by atoms with Crippen LogP contribution in [0.25, 0.3) is 11.0 Å². The lowest BCUT2D eigenvalue weighted by atomic mass is 9.99. The molecular weight excluding hydrogens is 240 g/mol. The molecule has 2 aromatic rings. The van der Waals surface area contributed by atoms with E-state index >= 15 is 0 Å². The van der Waals surface area contributed by atoms with Crippen molar-refractivity contribution >= 4 is 11.0 Å². The van der Waals surface area contributed by atoms with E-state index in [0.29, 0.717) is 0 Å². The van der Waals surface area contributed by atoms with Gasteiger partial charge in [-0.3, -0.25) is 4.90 Å². The predicted octanol–water partition coefficient (Wildman–Crippen LogP) is 2.02. The van der Waals surface area contributed by atoms with E-state index in [1.165, 1.54) is 10.9 Å². The van der Waals surface area contributed by atoms with Crippen molar-refractivity contribution in [2.75, 3.05) is 33.8 Å². The van der Waals surface area contributed by atoms with Gasteiger partial charge in [0.2, 0.25) is 0 Å². The molecule has 3 rings (SSSR count). The molecule has 1 N–H and O–H groups in total. The first-order valence-electron chi connectivity index (χ1n) is 6.72. The summed E-state index contributed by atoms with van der Waals surface area (Å²) in [5.41, 5.74) is 2.14. The van der Waals surface area contributed by atoms with Gasteiger partial charge in [-0.15, -0.1) is 0 Å². The summed E-state index contributed by atoms with van der Waals surface area (Å²) in [5.74, 6) is 0. The molecule has 0 amide bonds. The normalized spacial score (nSPS) is 21.9. The maximum absolute atomic E-state index is 5.93. The number of morpholine rings is 1. The van der Waals surface area contributed by atoms with E-state index in [9.17, 15) is 0 Å². The van der Waals surface area contributed by atoms with Crippen LogP contribution in [0.2, 0.25) is 0 Å². The van der Waals surface area contributed by atoms with Gasteiger partial charge in [0.25, 0.3) is 0 Å². The molecule has 0 spiro atoms. The molecule has 4 nitrogen and oxygen atoms in total. The van der Waals surface area contributed by atoms with Gasteiger partial charge in [0, 0.05) is 24.0 Å². The lowest BCUT2D eigenvalue weighted by molar-refractivity contribution is -0.0209. The van der Waals surface area contributed by atoms with Gasteiger partial charge in [0.1, 0.15) is 5.58 Å². The maximum atomic E-state index is 5.93. The first-order valence-corrected chi connectivity index (χ1v) is 6.72. The van der Waals surface area contributed by atoms with E-state index in [-0.39, 0.29) is 12.1 Å². The number of ether oxygens (including phenoxy) is 1. The fourth-order valence-corrected chi connectivity index (χ4v) is 2.83. The van der Waals surface area contributed by atoms with Gasteiger partial charge < -0.3 is 14.5 Å². The lowest BCUT2D eigenvalue weighted by Gasteiger charge is -2.34. The van der Waals surface area contributed by atoms with Crippen LogP contribution in [0.1, 0.15) is 11.6 Å². The highest BCUT2D eigenvalue weighted by Gasteiger charge is 2.30.